The molecule has 3 aromatic rings. The molecule has 0 saturated heterocycles. The van der Waals surface area contributed by atoms with E-state index in [2.05, 4.69) is 4.98 Å². The summed E-state index contributed by atoms with van der Waals surface area (Å²) in [6.07, 6.45) is 0. The molecule has 0 unspecified atom stereocenters. The highest BCUT2D eigenvalue weighted by molar-refractivity contribution is 7.99. The number of nitrogens with two attached hydrogens (primary N) is 1. The van der Waals surface area contributed by atoms with E-state index in [-0.39, 0.29) is 16.4 Å². The lowest BCUT2D eigenvalue weighted by Gasteiger charge is -2.03. The van der Waals surface area contributed by atoms with Gasteiger partial charge in [-0.25, -0.2) is 18.5 Å². The van der Waals surface area contributed by atoms with E-state index >= 15 is 0 Å². The molecule has 1 aromatic carbocycles. The van der Waals surface area contributed by atoms with Crippen molar-refractivity contribution in [2.75, 3.05) is 5.75 Å². The highest BCUT2D eigenvalue weighted by Gasteiger charge is 2.17. The minimum Gasteiger partial charge on any atom is -0.351 e. The molecule has 0 saturated carbocycles. The molecule has 2 aromatic heterocycles. The lowest BCUT2D eigenvalue weighted by atomic mass is 10.2. The van der Waals surface area contributed by atoms with Crippen LogP contribution in [0.15, 0.2) is 34.3 Å². The highest BCUT2D eigenvalue weighted by Crippen LogP contribution is 2.26. The average Bonchev–Trinajstić information content (AvgIpc) is 3.03. The fourth-order valence-electron chi connectivity index (χ4n) is 2.81. The zero-order valence-electron chi connectivity index (χ0n) is 15.0. The van der Waals surface area contributed by atoms with Crippen LogP contribution in [0.2, 0.25) is 0 Å². The van der Waals surface area contributed by atoms with Gasteiger partial charge in [-0.05, 0) is 38.1 Å². The number of fused-ring (bicyclic) bond motifs is 1. The number of Topliss-reactive ketones (excluding diaryl/α,β-unsaturated/α-hetero) is 1. The van der Waals surface area contributed by atoms with E-state index in [1.807, 2.05) is 43.1 Å². The summed E-state index contributed by atoms with van der Waals surface area (Å²) in [5, 5.41) is 5.81. The number of imidazole rings is 1. The first kappa shape index (κ1) is 18.7. The van der Waals surface area contributed by atoms with Gasteiger partial charge >= 0.3 is 0 Å². The number of carbonyl (C=O) groups excluding carboxylic acids is 1. The number of ketones is 1. The number of sulfonamides is 1. The maximum atomic E-state index is 12.5. The van der Waals surface area contributed by atoms with Gasteiger partial charge in [0, 0.05) is 31.0 Å². The molecule has 7 nitrogen and oxygen atoms in total. The summed E-state index contributed by atoms with van der Waals surface area (Å²) in [7, 11) is -0.0150. The van der Waals surface area contributed by atoms with Crippen molar-refractivity contribution in [1.82, 2.24) is 14.1 Å². The molecule has 2 heterocycles. The lowest BCUT2D eigenvalue weighted by Crippen LogP contribution is -2.11. The molecule has 0 spiro atoms. The van der Waals surface area contributed by atoms with Gasteiger partial charge in [-0.2, -0.15) is 0 Å². The van der Waals surface area contributed by atoms with E-state index in [0.29, 0.717) is 16.2 Å². The number of rotatable bonds is 5. The summed E-state index contributed by atoms with van der Waals surface area (Å²) >= 11 is 1.33. The predicted molar refractivity (Wildman–Crippen MR) is 102 cm³/mol. The van der Waals surface area contributed by atoms with E-state index in [9.17, 15) is 13.2 Å². The van der Waals surface area contributed by atoms with Crippen LogP contribution in [0.3, 0.4) is 0 Å². The number of aromatic nitrogens is 3. The normalized spacial score (nSPS) is 12.0. The SMILES string of the molecule is Cc1cc(C(=O)CSc2nc3cc(S(N)(=O)=O)ccc3n2C)c(C)n1C. The zero-order valence-corrected chi connectivity index (χ0v) is 16.6. The van der Waals surface area contributed by atoms with Crippen LogP contribution in [0.4, 0.5) is 0 Å². The van der Waals surface area contributed by atoms with Crippen LogP contribution in [-0.2, 0) is 24.1 Å². The molecular weight excluding hydrogens is 372 g/mol. The topological polar surface area (TPSA) is 100.0 Å². The summed E-state index contributed by atoms with van der Waals surface area (Å²) in [4.78, 5) is 17.0. The van der Waals surface area contributed by atoms with Gasteiger partial charge in [0.05, 0.1) is 21.7 Å². The first-order valence-electron chi connectivity index (χ1n) is 7.88. The number of hydrogen-bond donors (Lipinski definition) is 1. The van der Waals surface area contributed by atoms with Crippen molar-refractivity contribution in [2.45, 2.75) is 23.9 Å². The van der Waals surface area contributed by atoms with Gasteiger partial charge in [0.2, 0.25) is 10.0 Å². The second-order valence-electron chi connectivity index (χ2n) is 6.20. The molecule has 26 heavy (non-hydrogen) atoms. The minimum atomic E-state index is -3.78. The number of primary sulfonamides is 1. The van der Waals surface area contributed by atoms with Crippen molar-refractivity contribution in [3.63, 3.8) is 0 Å². The number of thioether (sulfide) groups is 1. The molecule has 0 aliphatic rings. The summed E-state index contributed by atoms with van der Waals surface area (Å²) in [5.41, 5.74) is 4.00. The third kappa shape index (κ3) is 3.29. The van der Waals surface area contributed by atoms with Gasteiger partial charge in [-0.3, -0.25) is 4.79 Å². The fraction of sp³-hybridized carbons (Fsp3) is 0.294. The highest BCUT2D eigenvalue weighted by atomic mass is 32.2. The van der Waals surface area contributed by atoms with Crippen LogP contribution >= 0.6 is 11.8 Å². The number of nitrogens with zero attached hydrogens (tertiary/aromatic N) is 3. The second-order valence-corrected chi connectivity index (χ2v) is 8.71. The van der Waals surface area contributed by atoms with Crippen LogP contribution in [0, 0.1) is 13.8 Å². The predicted octanol–water partition coefficient (Wildman–Crippen LogP) is 2.15. The molecular formula is C17H20N4O3S2. The minimum absolute atomic E-state index is 0.0195. The van der Waals surface area contributed by atoms with Crippen LogP contribution in [-0.4, -0.2) is 34.1 Å². The maximum absolute atomic E-state index is 12.5. The van der Waals surface area contributed by atoms with Gasteiger partial charge in [-0.1, -0.05) is 11.8 Å². The summed E-state index contributed by atoms with van der Waals surface area (Å²) in [6.45, 7) is 3.89. The van der Waals surface area contributed by atoms with Gasteiger partial charge in [-0.15, -0.1) is 0 Å². The number of aryl methyl sites for hydroxylation is 2. The monoisotopic (exact) mass is 392 g/mol. The lowest BCUT2D eigenvalue weighted by molar-refractivity contribution is 0.102. The average molecular weight is 393 g/mol. The van der Waals surface area contributed by atoms with Gasteiger partial charge in [0.1, 0.15) is 0 Å². The van der Waals surface area contributed by atoms with Crippen molar-refractivity contribution in [1.29, 1.82) is 0 Å². The van der Waals surface area contributed by atoms with E-state index in [4.69, 9.17) is 5.14 Å². The Kier molecular flexibility index (Phi) is 4.72. The van der Waals surface area contributed by atoms with Crippen molar-refractivity contribution < 1.29 is 13.2 Å². The molecule has 0 bridgehead atoms. The van der Waals surface area contributed by atoms with Crippen LogP contribution < -0.4 is 5.14 Å². The summed E-state index contributed by atoms with van der Waals surface area (Å²) in [5.74, 6) is 0.289. The smallest absolute Gasteiger partial charge is 0.238 e. The molecule has 0 atom stereocenters. The Balaban J connectivity index is 1.86. The van der Waals surface area contributed by atoms with E-state index in [0.717, 1.165) is 16.9 Å². The Bertz CT molecular complexity index is 1130. The molecule has 0 fully saturated rings. The van der Waals surface area contributed by atoms with E-state index < -0.39 is 10.0 Å². The second kappa shape index (κ2) is 6.57. The fourth-order valence-corrected chi connectivity index (χ4v) is 4.21. The molecule has 138 valence electrons. The summed E-state index contributed by atoms with van der Waals surface area (Å²) in [6, 6.07) is 6.46. The molecule has 3 rings (SSSR count). The Morgan fingerprint density at radius 1 is 1.19 bits per heavy atom. The third-order valence-electron chi connectivity index (χ3n) is 4.55. The first-order valence-corrected chi connectivity index (χ1v) is 10.4. The Morgan fingerprint density at radius 2 is 1.88 bits per heavy atom. The van der Waals surface area contributed by atoms with Gasteiger partial charge in [0.25, 0.3) is 0 Å². The molecule has 0 radical (unpaired) electrons. The summed E-state index contributed by atoms with van der Waals surface area (Å²) < 4.78 is 26.8. The Labute approximate surface area is 156 Å². The van der Waals surface area contributed by atoms with Crippen LogP contribution in [0.5, 0.6) is 0 Å². The van der Waals surface area contributed by atoms with Crippen molar-refractivity contribution in [3.05, 3.63) is 41.2 Å². The van der Waals surface area contributed by atoms with Crippen LogP contribution in [0.1, 0.15) is 21.7 Å². The van der Waals surface area contributed by atoms with Crippen molar-refractivity contribution in [2.24, 2.45) is 19.2 Å². The molecule has 0 aliphatic carbocycles. The molecule has 0 aliphatic heterocycles. The van der Waals surface area contributed by atoms with Crippen LogP contribution in [0.25, 0.3) is 11.0 Å². The first-order chi connectivity index (χ1) is 12.1. The van der Waals surface area contributed by atoms with E-state index in [1.165, 1.54) is 23.9 Å². The van der Waals surface area contributed by atoms with E-state index in [1.54, 1.807) is 6.07 Å². The largest absolute Gasteiger partial charge is 0.351 e. The maximum Gasteiger partial charge on any atom is 0.238 e. The standard InChI is InChI=1S/C17H20N4O3S2/c1-10-7-13(11(2)20(10)3)16(22)9-25-17-19-14-8-12(26(18,23)24)5-6-15(14)21(17)4/h5-8H,9H2,1-4H3,(H2,18,23,24). The van der Waals surface area contributed by atoms with Gasteiger partial charge in [0.15, 0.2) is 10.9 Å². The molecule has 0 amide bonds. The van der Waals surface area contributed by atoms with Crippen molar-refractivity contribution in [3.8, 4) is 0 Å². The molecule has 9 heteroatoms. The zero-order chi connectivity index (χ0) is 19.2. The van der Waals surface area contributed by atoms with Gasteiger partial charge < -0.3 is 9.13 Å². The number of hydrogen-bond acceptors (Lipinski definition) is 5. The number of carbonyl (C=O) groups is 1. The van der Waals surface area contributed by atoms with Crippen molar-refractivity contribution >= 4 is 38.6 Å². The Hall–Kier alpha value is -2.10. The number of benzene rings is 1. The Morgan fingerprint density at radius 3 is 2.46 bits per heavy atom. The third-order valence-corrected chi connectivity index (χ3v) is 6.49. The quantitative estimate of drug-likeness (QED) is 0.530. The molecule has 2 N–H and O–H groups in total.